The quantitative estimate of drug-likeness (QED) is 0.857. The molecule has 0 N–H and O–H groups in total. The topological polar surface area (TPSA) is 55.6 Å². The molecule has 5 nitrogen and oxygen atoms in total. The predicted octanol–water partition coefficient (Wildman–Crippen LogP) is 3.12. The number of ether oxygens (including phenoxy) is 1. The van der Waals surface area contributed by atoms with Crippen molar-refractivity contribution in [2.75, 3.05) is 13.2 Å². The van der Waals surface area contributed by atoms with Gasteiger partial charge in [0, 0.05) is 31.2 Å². The number of carbonyl (C=O) groups excluding carboxylic acids is 1. The van der Waals surface area contributed by atoms with Gasteiger partial charge in [-0.05, 0) is 51.4 Å². The van der Waals surface area contributed by atoms with Crippen LogP contribution < -0.4 is 0 Å². The van der Waals surface area contributed by atoms with Crippen molar-refractivity contribution in [2.45, 2.75) is 69.4 Å². The van der Waals surface area contributed by atoms with Crippen molar-refractivity contribution in [3.63, 3.8) is 0 Å². The lowest BCUT2D eigenvalue weighted by molar-refractivity contribution is 0.0280. The Bertz CT molecular complexity index is 514. The molecule has 120 valence electrons. The Hall–Kier alpha value is -1.36. The number of nitrogens with zero attached hydrogens (tertiary/aromatic N) is 2. The lowest BCUT2D eigenvalue weighted by atomic mass is 9.84. The fourth-order valence-corrected chi connectivity index (χ4v) is 3.61. The van der Waals surface area contributed by atoms with E-state index < -0.39 is 0 Å². The molecule has 5 heteroatoms. The molecular formula is C17H24N2O3. The molecule has 3 fully saturated rings. The standard InChI is InChI=1S/C17H24N2O3/c20-17(19(13-3-1-4-13)14-5-2-6-14)15-11-22-16(18-15)12-7-9-21-10-8-12/h11-14H,1-10H2. The normalized spacial score (nSPS) is 23.8. The lowest BCUT2D eigenvalue weighted by Gasteiger charge is -2.45. The summed E-state index contributed by atoms with van der Waals surface area (Å²) in [6.07, 6.45) is 10.5. The minimum absolute atomic E-state index is 0.0801. The summed E-state index contributed by atoms with van der Waals surface area (Å²) >= 11 is 0. The predicted molar refractivity (Wildman–Crippen MR) is 80.7 cm³/mol. The Balaban J connectivity index is 1.49. The third kappa shape index (κ3) is 2.56. The zero-order chi connectivity index (χ0) is 14.9. The maximum atomic E-state index is 12.9. The summed E-state index contributed by atoms with van der Waals surface area (Å²) in [6.45, 7) is 1.51. The summed E-state index contributed by atoms with van der Waals surface area (Å²) in [6, 6.07) is 0.863. The van der Waals surface area contributed by atoms with Crippen LogP contribution in [-0.4, -0.2) is 41.1 Å². The molecule has 2 saturated carbocycles. The van der Waals surface area contributed by atoms with Crippen LogP contribution in [0.4, 0.5) is 0 Å². The Kier molecular flexibility index (Phi) is 3.90. The number of amides is 1. The fourth-order valence-electron chi connectivity index (χ4n) is 3.61. The zero-order valence-corrected chi connectivity index (χ0v) is 13.0. The van der Waals surface area contributed by atoms with Crippen molar-refractivity contribution in [3.05, 3.63) is 17.8 Å². The number of rotatable bonds is 4. The first-order valence-corrected chi connectivity index (χ1v) is 8.69. The van der Waals surface area contributed by atoms with Crippen LogP contribution in [0.5, 0.6) is 0 Å². The van der Waals surface area contributed by atoms with Crippen LogP contribution in [0.25, 0.3) is 0 Å². The van der Waals surface area contributed by atoms with Gasteiger partial charge in [0.1, 0.15) is 6.26 Å². The number of aromatic nitrogens is 1. The average molecular weight is 304 g/mol. The molecule has 0 unspecified atom stereocenters. The van der Waals surface area contributed by atoms with Crippen molar-refractivity contribution in [2.24, 2.45) is 0 Å². The first-order valence-electron chi connectivity index (χ1n) is 8.69. The van der Waals surface area contributed by atoms with Gasteiger partial charge in [-0.15, -0.1) is 0 Å². The largest absolute Gasteiger partial charge is 0.448 e. The van der Waals surface area contributed by atoms with Crippen molar-refractivity contribution in [3.8, 4) is 0 Å². The van der Waals surface area contributed by atoms with Crippen molar-refractivity contribution < 1.29 is 13.9 Å². The van der Waals surface area contributed by atoms with Crippen LogP contribution in [0.15, 0.2) is 10.7 Å². The summed E-state index contributed by atoms with van der Waals surface area (Å²) in [5, 5.41) is 0. The van der Waals surface area contributed by atoms with E-state index in [1.165, 1.54) is 12.8 Å². The highest BCUT2D eigenvalue weighted by atomic mass is 16.5. The Labute approximate surface area is 131 Å². The Morgan fingerprint density at radius 2 is 1.68 bits per heavy atom. The Morgan fingerprint density at radius 1 is 1.05 bits per heavy atom. The van der Waals surface area contributed by atoms with Gasteiger partial charge in [-0.1, -0.05) is 0 Å². The van der Waals surface area contributed by atoms with Gasteiger partial charge in [0.2, 0.25) is 0 Å². The third-order valence-electron chi connectivity index (χ3n) is 5.48. The van der Waals surface area contributed by atoms with E-state index >= 15 is 0 Å². The van der Waals surface area contributed by atoms with Gasteiger partial charge in [0.25, 0.3) is 5.91 Å². The molecule has 1 aromatic heterocycles. The molecule has 22 heavy (non-hydrogen) atoms. The molecule has 0 radical (unpaired) electrons. The van der Waals surface area contributed by atoms with Gasteiger partial charge in [0.05, 0.1) is 0 Å². The van der Waals surface area contributed by atoms with E-state index in [2.05, 4.69) is 9.88 Å². The molecule has 3 aliphatic rings. The maximum Gasteiger partial charge on any atom is 0.276 e. The van der Waals surface area contributed by atoms with Crippen LogP contribution in [0.1, 0.15) is 73.7 Å². The molecule has 4 rings (SSSR count). The molecule has 1 amide bonds. The summed E-state index contributed by atoms with van der Waals surface area (Å²) in [5.41, 5.74) is 0.500. The van der Waals surface area contributed by atoms with E-state index in [0.29, 0.717) is 29.6 Å². The maximum absolute atomic E-state index is 12.9. The second-order valence-corrected chi connectivity index (χ2v) is 6.84. The minimum Gasteiger partial charge on any atom is -0.448 e. The molecule has 1 saturated heterocycles. The van der Waals surface area contributed by atoms with Crippen molar-refractivity contribution >= 4 is 5.91 Å². The van der Waals surface area contributed by atoms with Crippen LogP contribution >= 0.6 is 0 Å². The third-order valence-corrected chi connectivity index (χ3v) is 5.48. The summed E-state index contributed by atoms with van der Waals surface area (Å²) in [5.74, 6) is 1.10. The first-order chi connectivity index (χ1) is 10.8. The molecule has 0 spiro atoms. The van der Waals surface area contributed by atoms with Gasteiger partial charge in [0.15, 0.2) is 11.6 Å². The van der Waals surface area contributed by atoms with Crippen LogP contribution in [0.2, 0.25) is 0 Å². The molecule has 1 aliphatic heterocycles. The van der Waals surface area contributed by atoms with E-state index in [1.54, 1.807) is 6.26 Å². The van der Waals surface area contributed by atoms with Crippen LogP contribution in [-0.2, 0) is 4.74 Å². The monoisotopic (exact) mass is 304 g/mol. The lowest BCUT2D eigenvalue weighted by Crippen LogP contribution is -2.52. The van der Waals surface area contributed by atoms with E-state index in [1.807, 2.05) is 0 Å². The molecule has 0 atom stereocenters. The molecular weight excluding hydrogens is 280 g/mol. The highest BCUT2D eigenvalue weighted by Crippen LogP contribution is 2.35. The van der Waals surface area contributed by atoms with Gasteiger partial charge in [-0.3, -0.25) is 4.79 Å². The van der Waals surface area contributed by atoms with Crippen molar-refractivity contribution in [1.82, 2.24) is 9.88 Å². The number of hydrogen-bond acceptors (Lipinski definition) is 4. The molecule has 2 aliphatic carbocycles. The number of hydrogen-bond donors (Lipinski definition) is 0. The summed E-state index contributed by atoms with van der Waals surface area (Å²) in [4.78, 5) is 19.5. The van der Waals surface area contributed by atoms with Crippen LogP contribution in [0, 0.1) is 0 Å². The van der Waals surface area contributed by atoms with Crippen LogP contribution in [0.3, 0.4) is 0 Å². The number of carbonyl (C=O) groups is 1. The van der Waals surface area contributed by atoms with Gasteiger partial charge in [-0.25, -0.2) is 4.98 Å². The molecule has 2 heterocycles. The zero-order valence-electron chi connectivity index (χ0n) is 13.0. The fraction of sp³-hybridized carbons (Fsp3) is 0.765. The SMILES string of the molecule is O=C(c1coc(C2CCOCC2)n1)N(C1CCC1)C1CCC1. The van der Waals surface area contributed by atoms with Gasteiger partial charge in [-0.2, -0.15) is 0 Å². The second-order valence-electron chi connectivity index (χ2n) is 6.84. The highest BCUT2D eigenvalue weighted by Gasteiger charge is 2.38. The highest BCUT2D eigenvalue weighted by molar-refractivity contribution is 5.92. The van der Waals surface area contributed by atoms with E-state index in [0.717, 1.165) is 51.7 Å². The van der Waals surface area contributed by atoms with Gasteiger partial charge < -0.3 is 14.1 Å². The molecule has 0 aromatic carbocycles. The summed E-state index contributed by atoms with van der Waals surface area (Å²) in [7, 11) is 0. The Morgan fingerprint density at radius 3 is 2.23 bits per heavy atom. The first kappa shape index (κ1) is 14.2. The average Bonchev–Trinajstić information content (AvgIpc) is 2.93. The smallest absolute Gasteiger partial charge is 0.276 e. The van der Waals surface area contributed by atoms with E-state index in [9.17, 15) is 4.79 Å². The second kappa shape index (κ2) is 6.03. The van der Waals surface area contributed by atoms with Gasteiger partial charge >= 0.3 is 0 Å². The molecule has 1 aromatic rings. The van der Waals surface area contributed by atoms with E-state index in [4.69, 9.17) is 9.15 Å². The van der Waals surface area contributed by atoms with E-state index in [-0.39, 0.29) is 5.91 Å². The number of oxazole rings is 1. The summed E-state index contributed by atoms with van der Waals surface area (Å²) < 4.78 is 11.0. The molecule has 0 bridgehead atoms. The minimum atomic E-state index is 0.0801. The van der Waals surface area contributed by atoms with Crippen molar-refractivity contribution in [1.29, 1.82) is 0 Å².